The third-order valence-electron chi connectivity index (χ3n) is 3.41. The predicted octanol–water partition coefficient (Wildman–Crippen LogP) is 4.92. The highest BCUT2D eigenvalue weighted by molar-refractivity contribution is 6.32. The van der Waals surface area contributed by atoms with Gasteiger partial charge in [0.2, 0.25) is 0 Å². The topological polar surface area (TPSA) is 0 Å². The number of halogens is 1. The zero-order chi connectivity index (χ0) is 11.6. The van der Waals surface area contributed by atoms with Crippen LogP contribution in [0.2, 0.25) is 5.02 Å². The van der Waals surface area contributed by atoms with Gasteiger partial charge in [-0.3, -0.25) is 0 Å². The summed E-state index contributed by atoms with van der Waals surface area (Å²) in [7, 11) is 0. The molecule has 1 rings (SSSR count). The van der Waals surface area contributed by atoms with Crippen LogP contribution >= 0.6 is 11.6 Å². The van der Waals surface area contributed by atoms with E-state index < -0.39 is 0 Å². The minimum absolute atomic E-state index is 0.156. The second-order valence-electron chi connectivity index (χ2n) is 4.82. The van der Waals surface area contributed by atoms with Gasteiger partial charge in [-0.05, 0) is 28.5 Å². The summed E-state index contributed by atoms with van der Waals surface area (Å²) in [6, 6.07) is 6.23. The van der Waals surface area contributed by atoms with Crippen molar-refractivity contribution in [2.24, 2.45) is 5.92 Å². The minimum Gasteiger partial charge on any atom is -0.0984 e. The van der Waals surface area contributed by atoms with Gasteiger partial charge in [0.1, 0.15) is 0 Å². The molecule has 15 heavy (non-hydrogen) atoms. The lowest BCUT2D eigenvalue weighted by molar-refractivity contribution is 0.372. The Balaban J connectivity index is 3.18. The molecule has 0 fully saturated rings. The first-order valence-electron chi connectivity index (χ1n) is 5.32. The average Bonchev–Trinajstić information content (AvgIpc) is 2.17. The number of benzene rings is 1. The van der Waals surface area contributed by atoms with Crippen molar-refractivity contribution in [2.45, 2.75) is 33.1 Å². The van der Waals surface area contributed by atoms with Crippen LogP contribution in [-0.2, 0) is 5.41 Å². The van der Waals surface area contributed by atoms with Gasteiger partial charge >= 0.3 is 0 Å². The first-order chi connectivity index (χ1) is 6.89. The van der Waals surface area contributed by atoms with Gasteiger partial charge in [0, 0.05) is 5.02 Å². The van der Waals surface area contributed by atoms with Gasteiger partial charge in [-0.25, -0.2) is 0 Å². The third-order valence-corrected chi connectivity index (χ3v) is 3.74. The molecule has 0 aliphatic carbocycles. The van der Waals surface area contributed by atoms with E-state index in [1.807, 2.05) is 6.07 Å². The molecule has 1 aromatic rings. The summed E-state index contributed by atoms with van der Waals surface area (Å²) in [6.45, 7) is 12.7. The van der Waals surface area contributed by atoms with Crippen LogP contribution < -0.4 is 0 Å². The zero-order valence-electron chi connectivity index (χ0n) is 9.97. The third kappa shape index (κ3) is 2.43. The predicted molar refractivity (Wildman–Crippen MR) is 69.4 cm³/mol. The Bertz CT molecular complexity index is 362. The van der Waals surface area contributed by atoms with Crippen LogP contribution in [0.4, 0.5) is 0 Å². The molecule has 0 aliphatic heterocycles. The maximum atomic E-state index is 6.17. The molecule has 0 unspecified atom stereocenters. The van der Waals surface area contributed by atoms with E-state index in [9.17, 15) is 0 Å². The maximum absolute atomic E-state index is 6.17. The molecule has 0 radical (unpaired) electrons. The number of hydrogen-bond donors (Lipinski definition) is 0. The van der Waals surface area contributed by atoms with Crippen LogP contribution in [0, 0.1) is 5.92 Å². The van der Waals surface area contributed by atoms with Crippen LogP contribution in [0.5, 0.6) is 0 Å². The number of rotatable bonds is 3. The largest absolute Gasteiger partial charge is 0.0984 e. The van der Waals surface area contributed by atoms with E-state index in [1.54, 1.807) is 6.08 Å². The summed E-state index contributed by atoms with van der Waals surface area (Å²) in [6.07, 6.45) is 1.79. The van der Waals surface area contributed by atoms with Gasteiger partial charge < -0.3 is 0 Å². The fraction of sp³-hybridized carbons (Fsp3) is 0.429. The van der Waals surface area contributed by atoms with Crippen molar-refractivity contribution in [1.82, 2.24) is 0 Å². The first-order valence-corrected chi connectivity index (χ1v) is 5.70. The van der Waals surface area contributed by atoms with Crippen molar-refractivity contribution in [3.8, 4) is 0 Å². The second-order valence-corrected chi connectivity index (χ2v) is 5.22. The van der Waals surface area contributed by atoms with Crippen LogP contribution in [0.15, 0.2) is 24.8 Å². The highest BCUT2D eigenvalue weighted by Gasteiger charge is 2.24. The molecule has 0 atom stereocenters. The average molecular weight is 223 g/mol. The van der Waals surface area contributed by atoms with Crippen molar-refractivity contribution in [3.05, 3.63) is 40.9 Å². The van der Waals surface area contributed by atoms with Crippen molar-refractivity contribution in [1.29, 1.82) is 0 Å². The first kappa shape index (κ1) is 12.3. The van der Waals surface area contributed by atoms with Gasteiger partial charge in [0.25, 0.3) is 0 Å². The molecule has 0 nitrogen and oxygen atoms in total. The monoisotopic (exact) mass is 222 g/mol. The molecular weight excluding hydrogens is 204 g/mol. The van der Waals surface area contributed by atoms with Crippen LogP contribution in [0.25, 0.3) is 6.08 Å². The molecule has 0 heterocycles. The lowest BCUT2D eigenvalue weighted by atomic mass is 9.75. The number of hydrogen-bond acceptors (Lipinski definition) is 0. The Morgan fingerprint density at radius 1 is 1.33 bits per heavy atom. The SMILES string of the molecule is C=Cc1ccc(C(C)(C)C(C)C)cc1Cl. The quantitative estimate of drug-likeness (QED) is 0.681. The van der Waals surface area contributed by atoms with Crippen molar-refractivity contribution < 1.29 is 0 Å². The van der Waals surface area contributed by atoms with Crippen LogP contribution in [-0.4, -0.2) is 0 Å². The smallest absolute Gasteiger partial charge is 0.0481 e. The van der Waals surface area contributed by atoms with E-state index in [0.29, 0.717) is 5.92 Å². The molecule has 1 aromatic carbocycles. The molecule has 0 aliphatic rings. The summed E-state index contributed by atoms with van der Waals surface area (Å²) >= 11 is 6.17. The Kier molecular flexibility index (Phi) is 3.62. The normalized spacial score (nSPS) is 11.9. The van der Waals surface area contributed by atoms with Crippen molar-refractivity contribution in [2.75, 3.05) is 0 Å². The van der Waals surface area contributed by atoms with Crippen molar-refractivity contribution in [3.63, 3.8) is 0 Å². The van der Waals surface area contributed by atoms with Crippen molar-refractivity contribution >= 4 is 17.7 Å². The Morgan fingerprint density at radius 3 is 2.33 bits per heavy atom. The van der Waals surface area contributed by atoms with Gasteiger partial charge in [0.15, 0.2) is 0 Å². The van der Waals surface area contributed by atoms with E-state index in [1.165, 1.54) is 5.56 Å². The Hall–Kier alpha value is -0.750. The molecule has 0 saturated carbocycles. The summed E-state index contributed by atoms with van der Waals surface area (Å²) in [4.78, 5) is 0. The summed E-state index contributed by atoms with van der Waals surface area (Å²) < 4.78 is 0. The molecule has 0 spiro atoms. The Labute approximate surface area is 98.0 Å². The molecule has 1 heteroatoms. The Morgan fingerprint density at radius 2 is 1.93 bits per heavy atom. The fourth-order valence-electron chi connectivity index (χ4n) is 1.43. The highest BCUT2D eigenvalue weighted by atomic mass is 35.5. The molecule has 0 bridgehead atoms. The molecule has 0 saturated heterocycles. The molecule has 82 valence electrons. The highest BCUT2D eigenvalue weighted by Crippen LogP contribution is 2.33. The van der Waals surface area contributed by atoms with Gasteiger partial charge in [-0.1, -0.05) is 64.1 Å². The molecule has 0 aromatic heterocycles. The van der Waals surface area contributed by atoms with E-state index in [4.69, 9.17) is 11.6 Å². The van der Waals surface area contributed by atoms with Gasteiger partial charge in [-0.2, -0.15) is 0 Å². The van der Waals surface area contributed by atoms with Gasteiger partial charge in [-0.15, -0.1) is 0 Å². The van der Waals surface area contributed by atoms with E-state index >= 15 is 0 Å². The van der Waals surface area contributed by atoms with Crippen LogP contribution in [0.1, 0.15) is 38.8 Å². The minimum atomic E-state index is 0.156. The van der Waals surface area contributed by atoms with E-state index in [-0.39, 0.29) is 5.41 Å². The molecular formula is C14H19Cl. The van der Waals surface area contributed by atoms with E-state index in [0.717, 1.165) is 10.6 Å². The lowest BCUT2D eigenvalue weighted by Gasteiger charge is -2.30. The van der Waals surface area contributed by atoms with Gasteiger partial charge in [0.05, 0.1) is 0 Å². The molecule has 0 amide bonds. The summed E-state index contributed by atoms with van der Waals surface area (Å²) in [5.41, 5.74) is 2.44. The molecule has 0 N–H and O–H groups in total. The summed E-state index contributed by atoms with van der Waals surface area (Å²) in [5.74, 6) is 0.586. The maximum Gasteiger partial charge on any atom is 0.0481 e. The summed E-state index contributed by atoms with van der Waals surface area (Å²) in [5, 5.41) is 0.788. The standard InChI is InChI=1S/C14H19Cl/c1-6-11-7-8-12(9-13(11)15)14(4,5)10(2)3/h6-10H,1H2,2-5H3. The van der Waals surface area contributed by atoms with E-state index in [2.05, 4.69) is 46.4 Å². The lowest BCUT2D eigenvalue weighted by Crippen LogP contribution is -2.24. The van der Waals surface area contributed by atoms with Crippen LogP contribution in [0.3, 0.4) is 0 Å². The zero-order valence-corrected chi connectivity index (χ0v) is 10.7. The second kappa shape index (κ2) is 4.40. The fourth-order valence-corrected chi connectivity index (χ4v) is 1.68.